The van der Waals surface area contributed by atoms with Crippen molar-refractivity contribution in [2.45, 2.75) is 13.3 Å². The van der Waals surface area contributed by atoms with Crippen molar-refractivity contribution in [2.75, 3.05) is 50.8 Å². The molecule has 19 heavy (non-hydrogen) atoms. The summed E-state index contributed by atoms with van der Waals surface area (Å²) in [6, 6.07) is 1.92. The molecule has 2 rings (SSSR count). The van der Waals surface area contributed by atoms with Crippen molar-refractivity contribution >= 4 is 5.82 Å². The predicted molar refractivity (Wildman–Crippen MR) is 75.5 cm³/mol. The van der Waals surface area contributed by atoms with Crippen molar-refractivity contribution < 1.29 is 4.74 Å². The van der Waals surface area contributed by atoms with Gasteiger partial charge in [0.25, 0.3) is 0 Å². The van der Waals surface area contributed by atoms with Crippen molar-refractivity contribution in [2.24, 2.45) is 5.73 Å². The van der Waals surface area contributed by atoms with Crippen LogP contribution in [-0.2, 0) is 0 Å². The van der Waals surface area contributed by atoms with Crippen molar-refractivity contribution in [3.8, 4) is 5.88 Å². The number of hydrogen-bond donors (Lipinski definition) is 1. The highest BCUT2D eigenvalue weighted by Crippen LogP contribution is 2.17. The van der Waals surface area contributed by atoms with Crippen LogP contribution in [0.5, 0.6) is 5.88 Å². The number of nitrogens with two attached hydrogens (primary N) is 1. The molecule has 0 aliphatic carbocycles. The highest BCUT2D eigenvalue weighted by Gasteiger charge is 2.17. The van der Waals surface area contributed by atoms with E-state index in [1.165, 1.54) is 0 Å². The SMILES string of the molecule is CCCOc1cc(N2CCN(CCN)CC2)ncn1. The zero-order chi connectivity index (χ0) is 13.5. The summed E-state index contributed by atoms with van der Waals surface area (Å²) in [5.41, 5.74) is 5.58. The minimum atomic E-state index is 0.663. The van der Waals surface area contributed by atoms with Gasteiger partial charge in [0, 0.05) is 45.3 Å². The molecule has 1 aliphatic heterocycles. The average molecular weight is 265 g/mol. The second kappa shape index (κ2) is 7.25. The van der Waals surface area contributed by atoms with Crippen LogP contribution >= 0.6 is 0 Å². The lowest BCUT2D eigenvalue weighted by atomic mass is 10.3. The first-order valence-electron chi connectivity index (χ1n) is 6.95. The highest BCUT2D eigenvalue weighted by molar-refractivity contribution is 5.41. The third-order valence-corrected chi connectivity index (χ3v) is 3.22. The van der Waals surface area contributed by atoms with Crippen LogP contribution in [0.3, 0.4) is 0 Å². The summed E-state index contributed by atoms with van der Waals surface area (Å²) in [6.07, 6.45) is 2.56. The molecule has 1 fully saturated rings. The molecule has 6 heteroatoms. The molecule has 0 bridgehead atoms. The van der Waals surface area contributed by atoms with Crippen LogP contribution in [0.25, 0.3) is 0 Å². The number of anilines is 1. The topological polar surface area (TPSA) is 67.5 Å². The van der Waals surface area contributed by atoms with Crippen LogP contribution in [-0.4, -0.2) is 60.7 Å². The maximum atomic E-state index is 5.58. The fourth-order valence-corrected chi connectivity index (χ4v) is 2.17. The first-order valence-corrected chi connectivity index (χ1v) is 6.95. The van der Waals surface area contributed by atoms with Gasteiger partial charge in [0.2, 0.25) is 5.88 Å². The van der Waals surface area contributed by atoms with Crippen LogP contribution in [0.4, 0.5) is 5.82 Å². The molecule has 2 N–H and O–H groups in total. The Labute approximate surface area is 114 Å². The second-order valence-corrected chi connectivity index (χ2v) is 4.68. The Bertz CT molecular complexity index is 379. The molecule has 0 atom stereocenters. The quantitative estimate of drug-likeness (QED) is 0.800. The van der Waals surface area contributed by atoms with Crippen molar-refractivity contribution in [1.29, 1.82) is 0 Å². The van der Waals surface area contributed by atoms with Gasteiger partial charge >= 0.3 is 0 Å². The Balaban J connectivity index is 1.91. The van der Waals surface area contributed by atoms with E-state index in [9.17, 15) is 0 Å². The van der Waals surface area contributed by atoms with Gasteiger partial charge in [0.05, 0.1) is 6.61 Å². The van der Waals surface area contributed by atoms with E-state index in [0.717, 1.165) is 51.5 Å². The molecule has 1 aliphatic rings. The summed E-state index contributed by atoms with van der Waals surface area (Å²) in [5, 5.41) is 0. The monoisotopic (exact) mass is 265 g/mol. The zero-order valence-electron chi connectivity index (χ0n) is 11.6. The van der Waals surface area contributed by atoms with E-state index in [-0.39, 0.29) is 0 Å². The first kappa shape index (κ1) is 14.0. The molecule has 106 valence electrons. The van der Waals surface area contributed by atoms with Gasteiger partial charge in [-0.3, -0.25) is 4.90 Å². The van der Waals surface area contributed by atoms with Gasteiger partial charge in [-0.2, -0.15) is 0 Å². The van der Waals surface area contributed by atoms with Gasteiger partial charge in [0.15, 0.2) is 0 Å². The van der Waals surface area contributed by atoms with E-state index < -0.39 is 0 Å². The van der Waals surface area contributed by atoms with E-state index in [1.54, 1.807) is 6.33 Å². The first-order chi connectivity index (χ1) is 9.33. The van der Waals surface area contributed by atoms with Crippen molar-refractivity contribution in [3.05, 3.63) is 12.4 Å². The van der Waals surface area contributed by atoms with Crippen LogP contribution in [0.15, 0.2) is 12.4 Å². The maximum Gasteiger partial charge on any atom is 0.218 e. The molecule has 0 spiro atoms. The standard InChI is InChI=1S/C13H23N5O/c1-2-9-19-13-10-12(15-11-16-13)18-7-5-17(4-3-14)6-8-18/h10-11H,2-9,14H2,1H3. The van der Waals surface area contributed by atoms with E-state index in [2.05, 4.69) is 26.7 Å². The molecule has 0 aromatic carbocycles. The van der Waals surface area contributed by atoms with Crippen molar-refractivity contribution in [3.63, 3.8) is 0 Å². The van der Waals surface area contributed by atoms with Crippen molar-refractivity contribution in [1.82, 2.24) is 14.9 Å². The largest absolute Gasteiger partial charge is 0.478 e. The molecule has 2 heterocycles. The Morgan fingerprint density at radius 2 is 2.05 bits per heavy atom. The predicted octanol–water partition coefficient (Wildman–Crippen LogP) is 0.346. The summed E-state index contributed by atoms with van der Waals surface area (Å²) in [4.78, 5) is 13.1. The molecular weight excluding hydrogens is 242 g/mol. The molecular formula is C13H23N5O. The minimum Gasteiger partial charge on any atom is -0.478 e. The number of ether oxygens (including phenoxy) is 1. The van der Waals surface area contributed by atoms with Gasteiger partial charge in [-0.25, -0.2) is 9.97 Å². The lowest BCUT2D eigenvalue weighted by Gasteiger charge is -2.35. The van der Waals surface area contributed by atoms with Gasteiger partial charge in [-0.15, -0.1) is 0 Å². The Kier molecular flexibility index (Phi) is 5.35. The maximum absolute atomic E-state index is 5.58. The molecule has 6 nitrogen and oxygen atoms in total. The third-order valence-electron chi connectivity index (χ3n) is 3.22. The summed E-state index contributed by atoms with van der Waals surface area (Å²) in [5.74, 6) is 1.62. The Hall–Kier alpha value is -1.40. The summed E-state index contributed by atoms with van der Waals surface area (Å²) < 4.78 is 5.54. The average Bonchev–Trinajstić information content (AvgIpc) is 2.46. The number of rotatable bonds is 6. The number of hydrogen-bond acceptors (Lipinski definition) is 6. The summed E-state index contributed by atoms with van der Waals surface area (Å²) in [6.45, 7) is 8.50. The van der Waals surface area contributed by atoms with Gasteiger partial charge in [-0.05, 0) is 6.42 Å². The Morgan fingerprint density at radius 1 is 1.26 bits per heavy atom. The normalized spacial score (nSPS) is 16.6. The van der Waals surface area contributed by atoms with Crippen LogP contribution in [0.1, 0.15) is 13.3 Å². The van der Waals surface area contributed by atoms with Gasteiger partial charge in [0.1, 0.15) is 12.1 Å². The molecule has 1 aromatic rings. The van der Waals surface area contributed by atoms with Crippen LogP contribution in [0, 0.1) is 0 Å². The molecule has 0 radical (unpaired) electrons. The van der Waals surface area contributed by atoms with E-state index in [1.807, 2.05) is 6.07 Å². The molecule has 0 unspecified atom stereocenters. The van der Waals surface area contributed by atoms with E-state index >= 15 is 0 Å². The van der Waals surface area contributed by atoms with Crippen LogP contribution < -0.4 is 15.4 Å². The molecule has 0 amide bonds. The summed E-state index contributed by atoms with van der Waals surface area (Å²) in [7, 11) is 0. The van der Waals surface area contributed by atoms with Crippen LogP contribution in [0.2, 0.25) is 0 Å². The minimum absolute atomic E-state index is 0.663. The number of nitrogens with zero attached hydrogens (tertiary/aromatic N) is 4. The van der Waals surface area contributed by atoms with Gasteiger partial charge in [-0.1, -0.05) is 6.92 Å². The second-order valence-electron chi connectivity index (χ2n) is 4.68. The Morgan fingerprint density at radius 3 is 2.74 bits per heavy atom. The summed E-state index contributed by atoms with van der Waals surface area (Å²) >= 11 is 0. The molecule has 0 saturated carbocycles. The third kappa shape index (κ3) is 4.04. The smallest absolute Gasteiger partial charge is 0.218 e. The number of piperazine rings is 1. The molecule has 1 saturated heterocycles. The fourth-order valence-electron chi connectivity index (χ4n) is 2.17. The zero-order valence-corrected chi connectivity index (χ0v) is 11.6. The highest BCUT2D eigenvalue weighted by atomic mass is 16.5. The van der Waals surface area contributed by atoms with Gasteiger partial charge < -0.3 is 15.4 Å². The number of aromatic nitrogens is 2. The molecule has 1 aromatic heterocycles. The lowest BCUT2D eigenvalue weighted by molar-refractivity contribution is 0.264. The lowest BCUT2D eigenvalue weighted by Crippen LogP contribution is -2.48. The van der Waals surface area contributed by atoms with E-state index in [0.29, 0.717) is 12.5 Å². The van der Waals surface area contributed by atoms with E-state index in [4.69, 9.17) is 10.5 Å². The fraction of sp³-hybridized carbons (Fsp3) is 0.692.